The molecule has 0 spiro atoms. The lowest BCUT2D eigenvalue weighted by atomic mass is 9.81. The number of nitrogens with zero attached hydrogens (tertiary/aromatic N) is 3. The molecule has 0 radical (unpaired) electrons. The van der Waals surface area contributed by atoms with Crippen molar-refractivity contribution in [2.45, 2.75) is 41.9 Å². The second-order valence-electron chi connectivity index (χ2n) is 10.8. The highest BCUT2D eigenvalue weighted by atomic mass is 35.5. The van der Waals surface area contributed by atoms with E-state index in [9.17, 15) is 12.8 Å². The zero-order valence-corrected chi connectivity index (χ0v) is 26.6. The highest BCUT2D eigenvalue weighted by molar-refractivity contribution is 7.92. The molecule has 0 saturated carbocycles. The minimum absolute atomic E-state index is 0.0483. The Kier molecular flexibility index (Phi) is 8.65. The number of pyridine rings is 1. The van der Waals surface area contributed by atoms with Crippen molar-refractivity contribution in [3.8, 4) is 5.75 Å². The molecule has 0 aliphatic carbocycles. The lowest BCUT2D eigenvalue weighted by Gasteiger charge is -2.46. The number of nitrogens with one attached hydrogen (secondary N) is 2. The van der Waals surface area contributed by atoms with E-state index in [-0.39, 0.29) is 23.9 Å². The van der Waals surface area contributed by atoms with Gasteiger partial charge in [0.2, 0.25) is 9.84 Å². The van der Waals surface area contributed by atoms with Crippen LogP contribution in [0.2, 0.25) is 5.02 Å². The van der Waals surface area contributed by atoms with Gasteiger partial charge in [-0.05, 0) is 85.3 Å². The molecule has 5 aromatic rings. The summed E-state index contributed by atoms with van der Waals surface area (Å²) in [6.07, 6.45) is 6.75. The Morgan fingerprint density at radius 3 is 2.61 bits per heavy atom. The summed E-state index contributed by atoms with van der Waals surface area (Å²) in [5.74, 6) is 0.586. The van der Waals surface area contributed by atoms with Crippen molar-refractivity contribution < 1.29 is 22.3 Å². The van der Waals surface area contributed by atoms with Gasteiger partial charge in [0.15, 0.2) is 15.5 Å². The van der Waals surface area contributed by atoms with Crippen LogP contribution in [0.1, 0.15) is 30.9 Å². The van der Waals surface area contributed by atoms with Crippen LogP contribution < -0.4 is 15.4 Å². The molecular formula is C34H31ClFN5O4S. The molecule has 2 atom stereocenters. The fourth-order valence-corrected chi connectivity index (χ4v) is 8.41. The van der Waals surface area contributed by atoms with Crippen LogP contribution in [0.25, 0.3) is 10.9 Å². The molecule has 0 amide bonds. The highest BCUT2D eigenvalue weighted by Crippen LogP contribution is 2.50. The zero-order chi connectivity index (χ0) is 32.4. The lowest BCUT2D eigenvalue weighted by molar-refractivity contribution is -0.0155. The van der Waals surface area contributed by atoms with Crippen LogP contribution in [0.3, 0.4) is 0 Å². The largest absolute Gasteiger partial charge is 0.487 e. The van der Waals surface area contributed by atoms with Crippen LogP contribution in [-0.4, -0.2) is 35.3 Å². The first-order chi connectivity index (χ1) is 22.2. The van der Waals surface area contributed by atoms with Gasteiger partial charge in [0.1, 0.15) is 30.3 Å². The third-order valence-electron chi connectivity index (χ3n) is 8.28. The number of fused-ring (bicyclic) bond motifs is 1. The number of benzene rings is 3. The standard InChI is InChI=1S/C34H31ClFN5O4S/c1-3-34(37-2,46(42,43)31-10-4-5-16-38-31)33(15-7-17-45-33)24-11-13-29-27(19-24)32(40-22-39-29)41-26-12-14-30(28(35)20-26)44-21-23-8-6-9-25(36)18-23/h4-14,16-20,22,37H,3,15,21H2,1-2H3,(H,39,40,41). The lowest BCUT2D eigenvalue weighted by Crippen LogP contribution is -2.64. The number of hydrogen-bond acceptors (Lipinski definition) is 9. The molecule has 12 heteroatoms. The van der Waals surface area contributed by atoms with Gasteiger partial charge in [-0.25, -0.2) is 27.8 Å². The van der Waals surface area contributed by atoms with E-state index in [4.69, 9.17) is 21.1 Å². The number of likely N-dealkylation sites (N-methyl/N-ethyl adjacent to an activating group) is 1. The molecule has 0 saturated heterocycles. The Balaban J connectivity index is 1.36. The number of ether oxygens (including phenoxy) is 2. The minimum Gasteiger partial charge on any atom is -0.487 e. The third kappa shape index (κ3) is 5.44. The van der Waals surface area contributed by atoms with E-state index < -0.39 is 20.3 Å². The molecule has 2 unspecified atom stereocenters. The Bertz CT molecular complexity index is 2020. The second kappa shape index (κ2) is 12.7. The maximum Gasteiger partial charge on any atom is 0.218 e. The predicted octanol–water partition coefficient (Wildman–Crippen LogP) is 7.07. The molecule has 1 aliphatic heterocycles. The van der Waals surface area contributed by atoms with Gasteiger partial charge in [-0.2, -0.15) is 0 Å². The van der Waals surface area contributed by atoms with Crippen molar-refractivity contribution in [3.05, 3.63) is 126 Å². The van der Waals surface area contributed by atoms with Gasteiger partial charge < -0.3 is 14.8 Å². The highest BCUT2D eigenvalue weighted by Gasteiger charge is 2.62. The predicted molar refractivity (Wildman–Crippen MR) is 175 cm³/mol. The maximum absolute atomic E-state index is 14.3. The Hall–Kier alpha value is -4.58. The number of hydrogen-bond donors (Lipinski definition) is 2. The van der Waals surface area contributed by atoms with Gasteiger partial charge in [0, 0.05) is 23.7 Å². The summed E-state index contributed by atoms with van der Waals surface area (Å²) in [7, 11) is -2.45. The quantitative estimate of drug-likeness (QED) is 0.154. The summed E-state index contributed by atoms with van der Waals surface area (Å²) >= 11 is 6.55. The van der Waals surface area contributed by atoms with Gasteiger partial charge in [0.25, 0.3) is 0 Å². The number of halogens is 2. The van der Waals surface area contributed by atoms with Crippen molar-refractivity contribution >= 4 is 43.8 Å². The molecule has 0 fully saturated rings. The maximum atomic E-state index is 14.3. The second-order valence-corrected chi connectivity index (χ2v) is 13.3. The summed E-state index contributed by atoms with van der Waals surface area (Å²) in [5, 5.41) is 7.40. The van der Waals surface area contributed by atoms with E-state index in [1.54, 1.807) is 55.8 Å². The molecule has 3 heterocycles. The summed E-state index contributed by atoms with van der Waals surface area (Å²) in [5.41, 5.74) is 1.25. The van der Waals surface area contributed by atoms with Crippen LogP contribution in [0, 0.1) is 5.82 Å². The van der Waals surface area contributed by atoms with Crippen molar-refractivity contribution in [3.63, 3.8) is 0 Å². The van der Waals surface area contributed by atoms with Crippen molar-refractivity contribution in [2.24, 2.45) is 0 Å². The van der Waals surface area contributed by atoms with Gasteiger partial charge in [-0.15, -0.1) is 0 Å². The molecular weight excluding hydrogens is 629 g/mol. The zero-order valence-electron chi connectivity index (χ0n) is 25.1. The van der Waals surface area contributed by atoms with Crippen LogP contribution in [0.15, 0.2) is 109 Å². The molecule has 2 aromatic heterocycles. The van der Waals surface area contributed by atoms with Gasteiger partial charge in [-0.1, -0.05) is 42.8 Å². The van der Waals surface area contributed by atoms with E-state index in [0.717, 1.165) is 0 Å². The molecule has 0 bridgehead atoms. The molecule has 3 aromatic carbocycles. The van der Waals surface area contributed by atoms with Crippen LogP contribution >= 0.6 is 11.6 Å². The summed E-state index contributed by atoms with van der Waals surface area (Å²) in [6.45, 7) is 1.97. The minimum atomic E-state index is -4.08. The topological polar surface area (TPSA) is 115 Å². The van der Waals surface area contributed by atoms with Gasteiger partial charge in [0.05, 0.1) is 16.8 Å². The van der Waals surface area contributed by atoms with Gasteiger partial charge in [-0.3, -0.25) is 5.32 Å². The SMILES string of the molecule is CCC(NC)(C1(c2ccc3ncnc(Nc4ccc(OCc5cccc(F)c5)c(Cl)c4)c3c2)CC=CO1)S(=O)(=O)c1ccccn1. The first-order valence-corrected chi connectivity index (χ1v) is 16.5. The van der Waals surface area contributed by atoms with E-state index in [2.05, 4.69) is 25.6 Å². The average Bonchev–Trinajstić information content (AvgIpc) is 3.57. The number of rotatable bonds is 11. The number of aromatic nitrogens is 3. The summed E-state index contributed by atoms with van der Waals surface area (Å²) in [4.78, 5) is 11.5. The molecule has 6 rings (SSSR count). The average molecular weight is 660 g/mol. The monoisotopic (exact) mass is 659 g/mol. The first-order valence-electron chi connectivity index (χ1n) is 14.6. The Labute approximate surface area is 271 Å². The van der Waals surface area contributed by atoms with Crippen molar-refractivity contribution in [2.75, 3.05) is 12.4 Å². The van der Waals surface area contributed by atoms with Crippen molar-refractivity contribution in [1.82, 2.24) is 20.3 Å². The van der Waals surface area contributed by atoms with Crippen LogP contribution in [0.5, 0.6) is 5.75 Å². The number of anilines is 2. The summed E-state index contributed by atoms with van der Waals surface area (Å²) < 4.78 is 54.4. The summed E-state index contributed by atoms with van der Waals surface area (Å²) in [6, 6.07) is 21.7. The normalized spacial score (nSPS) is 17.4. The Morgan fingerprint density at radius 1 is 1.04 bits per heavy atom. The van der Waals surface area contributed by atoms with Crippen molar-refractivity contribution in [1.29, 1.82) is 0 Å². The van der Waals surface area contributed by atoms with Gasteiger partial charge >= 0.3 is 0 Å². The van der Waals surface area contributed by atoms with E-state index in [1.165, 1.54) is 30.7 Å². The Morgan fingerprint density at radius 2 is 1.91 bits per heavy atom. The third-order valence-corrected chi connectivity index (χ3v) is 11.1. The van der Waals surface area contributed by atoms with E-state index >= 15 is 0 Å². The molecule has 46 heavy (non-hydrogen) atoms. The fourth-order valence-electron chi connectivity index (χ4n) is 6.02. The fraction of sp³-hybridized carbons (Fsp3) is 0.206. The van der Waals surface area contributed by atoms with E-state index in [0.29, 0.717) is 50.7 Å². The molecule has 9 nitrogen and oxygen atoms in total. The van der Waals surface area contributed by atoms with Crippen LogP contribution in [0.4, 0.5) is 15.9 Å². The molecule has 1 aliphatic rings. The first kappa shape index (κ1) is 31.4. The van der Waals surface area contributed by atoms with Crippen LogP contribution in [-0.2, 0) is 26.8 Å². The molecule has 2 N–H and O–H groups in total. The smallest absolute Gasteiger partial charge is 0.218 e. The van der Waals surface area contributed by atoms with E-state index in [1.807, 2.05) is 31.2 Å². The number of sulfone groups is 1. The molecule has 236 valence electrons.